The Hall–Kier alpha value is -1.47. The molecule has 0 aliphatic carbocycles. The molecule has 1 atom stereocenters. The molecule has 1 unspecified atom stereocenters. The number of fused-ring (bicyclic) bond motifs is 1. The first-order chi connectivity index (χ1) is 19.2. The van der Waals surface area contributed by atoms with Crippen LogP contribution in [0.3, 0.4) is 0 Å². The molecule has 0 bridgehead atoms. The van der Waals surface area contributed by atoms with E-state index in [1.165, 1.54) is 64.2 Å². The van der Waals surface area contributed by atoms with Gasteiger partial charge in [0.25, 0.3) is 0 Å². The van der Waals surface area contributed by atoms with Crippen molar-refractivity contribution in [1.29, 1.82) is 0 Å². The van der Waals surface area contributed by atoms with Gasteiger partial charge in [0.1, 0.15) is 0 Å². The van der Waals surface area contributed by atoms with Gasteiger partial charge in [-0.15, -0.1) is 0 Å². The van der Waals surface area contributed by atoms with Crippen LogP contribution in [-0.2, 0) is 27.8 Å². The number of rotatable bonds is 26. The number of phosphoric acid groups is 1. The standard InChI is InChI=1S/C31H51O7P/c1-3-5-6-7-8-9-10-11-12-13-14-15-18-24-35-39(32,36-28-27-34-26-25-33-4-2)38-37-31-23-19-21-29-20-16-17-22-30(29)31/h16-17,19-23H,3-15,18,24-28H2,1-2H3. The van der Waals surface area contributed by atoms with Gasteiger partial charge in [-0.1, -0.05) is 125 Å². The third kappa shape index (κ3) is 15.8. The van der Waals surface area contributed by atoms with E-state index in [1.807, 2.05) is 43.3 Å². The van der Waals surface area contributed by atoms with E-state index in [9.17, 15) is 4.57 Å². The van der Waals surface area contributed by atoms with Crippen LogP contribution in [0.4, 0.5) is 0 Å². The molecule has 0 spiro atoms. The molecule has 0 aromatic heterocycles. The zero-order valence-corrected chi connectivity index (χ0v) is 25.2. The molecule has 0 saturated heterocycles. The maximum atomic E-state index is 13.3. The van der Waals surface area contributed by atoms with Gasteiger partial charge < -0.3 is 14.4 Å². The van der Waals surface area contributed by atoms with Crippen molar-refractivity contribution in [3.63, 3.8) is 0 Å². The van der Waals surface area contributed by atoms with Gasteiger partial charge in [-0.25, -0.2) is 4.57 Å². The van der Waals surface area contributed by atoms with Crippen molar-refractivity contribution in [2.24, 2.45) is 0 Å². The molecule has 0 aliphatic heterocycles. The van der Waals surface area contributed by atoms with Crippen molar-refractivity contribution in [2.45, 2.75) is 97.3 Å². The normalized spacial score (nSPS) is 13.1. The third-order valence-electron chi connectivity index (χ3n) is 6.52. The smallest absolute Gasteiger partial charge is 0.379 e. The Kier molecular flexibility index (Phi) is 19.2. The van der Waals surface area contributed by atoms with Gasteiger partial charge in [0.15, 0.2) is 5.75 Å². The SMILES string of the molecule is CCCCCCCCCCCCCCCOP(=O)(OCCOCCOCC)OOc1cccc2ccccc12. The number of hydrogen-bond acceptors (Lipinski definition) is 7. The van der Waals surface area contributed by atoms with Gasteiger partial charge in [0, 0.05) is 12.0 Å². The molecular weight excluding hydrogens is 515 g/mol. The van der Waals surface area contributed by atoms with Crippen LogP contribution in [0.1, 0.15) is 97.3 Å². The minimum absolute atomic E-state index is 0.0565. The lowest BCUT2D eigenvalue weighted by molar-refractivity contribution is -0.132. The van der Waals surface area contributed by atoms with Crippen LogP contribution in [0.5, 0.6) is 5.75 Å². The van der Waals surface area contributed by atoms with Crippen molar-refractivity contribution in [3.8, 4) is 5.75 Å². The van der Waals surface area contributed by atoms with Crippen LogP contribution in [0.2, 0.25) is 0 Å². The second-order valence-corrected chi connectivity index (χ2v) is 11.4. The van der Waals surface area contributed by atoms with E-state index >= 15 is 0 Å². The number of unbranched alkanes of at least 4 members (excludes halogenated alkanes) is 12. The largest absolute Gasteiger partial charge is 0.511 e. The lowest BCUT2D eigenvalue weighted by atomic mass is 10.0. The highest BCUT2D eigenvalue weighted by Gasteiger charge is 2.29. The van der Waals surface area contributed by atoms with Crippen molar-refractivity contribution < 1.29 is 32.6 Å². The highest BCUT2D eigenvalue weighted by atomic mass is 31.2. The average Bonchev–Trinajstić information content (AvgIpc) is 2.96. The fourth-order valence-electron chi connectivity index (χ4n) is 4.30. The van der Waals surface area contributed by atoms with Crippen LogP contribution >= 0.6 is 7.82 Å². The molecule has 0 fully saturated rings. The Labute approximate surface area is 236 Å². The Morgan fingerprint density at radius 2 is 1.15 bits per heavy atom. The molecule has 8 heteroatoms. The number of benzene rings is 2. The summed E-state index contributed by atoms with van der Waals surface area (Å²) in [6.07, 6.45) is 16.3. The Morgan fingerprint density at radius 3 is 1.85 bits per heavy atom. The van der Waals surface area contributed by atoms with Crippen LogP contribution in [-0.4, -0.2) is 39.6 Å². The van der Waals surface area contributed by atoms with Crippen molar-refractivity contribution in [1.82, 2.24) is 0 Å². The van der Waals surface area contributed by atoms with Gasteiger partial charge >= 0.3 is 7.82 Å². The van der Waals surface area contributed by atoms with E-state index in [-0.39, 0.29) is 19.8 Å². The highest BCUT2D eigenvalue weighted by Crippen LogP contribution is 2.50. The van der Waals surface area contributed by atoms with E-state index in [0.29, 0.717) is 25.6 Å². The summed E-state index contributed by atoms with van der Waals surface area (Å²) in [5.41, 5.74) is 0. The summed E-state index contributed by atoms with van der Waals surface area (Å²) in [5, 5.41) is 1.84. The summed E-state index contributed by atoms with van der Waals surface area (Å²) in [5.74, 6) is 0.453. The molecule has 2 rings (SSSR count). The van der Waals surface area contributed by atoms with E-state index < -0.39 is 7.82 Å². The molecule has 0 aliphatic rings. The van der Waals surface area contributed by atoms with E-state index in [2.05, 4.69) is 6.92 Å². The quantitative estimate of drug-likeness (QED) is 0.0486. The van der Waals surface area contributed by atoms with Crippen LogP contribution < -0.4 is 4.89 Å². The second kappa shape index (κ2) is 22.2. The molecule has 0 heterocycles. The summed E-state index contributed by atoms with van der Waals surface area (Å²) in [7, 11) is -3.94. The molecule has 0 radical (unpaired) electrons. The fourth-order valence-corrected chi connectivity index (χ4v) is 5.29. The Morgan fingerprint density at radius 1 is 0.590 bits per heavy atom. The van der Waals surface area contributed by atoms with Gasteiger partial charge in [-0.2, -0.15) is 0 Å². The van der Waals surface area contributed by atoms with E-state index in [0.717, 1.165) is 30.0 Å². The molecule has 0 saturated carbocycles. The van der Waals surface area contributed by atoms with E-state index in [1.54, 1.807) is 6.07 Å². The summed E-state index contributed by atoms with van der Waals surface area (Å²) in [6.45, 7) is 6.36. The molecule has 2 aromatic carbocycles. The topological polar surface area (TPSA) is 72.5 Å². The first-order valence-corrected chi connectivity index (χ1v) is 16.5. The molecule has 0 N–H and O–H groups in total. The van der Waals surface area contributed by atoms with Crippen molar-refractivity contribution in [2.75, 3.05) is 39.6 Å². The van der Waals surface area contributed by atoms with Gasteiger partial charge in [0.2, 0.25) is 0 Å². The van der Waals surface area contributed by atoms with Crippen LogP contribution in [0.25, 0.3) is 10.8 Å². The Balaban J connectivity index is 1.68. The third-order valence-corrected chi connectivity index (χ3v) is 7.77. The summed E-state index contributed by atoms with van der Waals surface area (Å²) < 4.78 is 40.4. The minimum atomic E-state index is -3.94. The first kappa shape index (κ1) is 33.7. The molecular formula is C31H51O7P. The monoisotopic (exact) mass is 566 g/mol. The Bertz CT molecular complexity index is 902. The zero-order chi connectivity index (χ0) is 27.9. The average molecular weight is 567 g/mol. The van der Waals surface area contributed by atoms with Crippen LogP contribution in [0.15, 0.2) is 42.5 Å². The maximum Gasteiger partial charge on any atom is 0.511 e. The van der Waals surface area contributed by atoms with Crippen molar-refractivity contribution in [3.05, 3.63) is 42.5 Å². The van der Waals surface area contributed by atoms with Gasteiger partial charge in [0.05, 0.1) is 33.0 Å². The molecule has 222 valence electrons. The summed E-state index contributed by atoms with van der Waals surface area (Å²) >= 11 is 0. The molecule has 39 heavy (non-hydrogen) atoms. The summed E-state index contributed by atoms with van der Waals surface area (Å²) in [4.78, 5) is 5.49. The van der Waals surface area contributed by atoms with E-state index in [4.69, 9.17) is 28.1 Å². The highest BCUT2D eigenvalue weighted by molar-refractivity contribution is 7.48. The molecule has 7 nitrogen and oxygen atoms in total. The minimum Gasteiger partial charge on any atom is -0.379 e. The number of ether oxygens (including phenoxy) is 2. The lowest BCUT2D eigenvalue weighted by Crippen LogP contribution is -2.11. The number of phosphoric ester groups is 1. The summed E-state index contributed by atoms with van der Waals surface area (Å²) in [6, 6.07) is 13.3. The maximum absolute atomic E-state index is 13.3. The number of hydrogen-bond donors (Lipinski definition) is 0. The van der Waals surface area contributed by atoms with Gasteiger partial charge in [-0.05, 0) is 24.8 Å². The predicted octanol–water partition coefficient (Wildman–Crippen LogP) is 9.44. The van der Waals surface area contributed by atoms with Gasteiger partial charge in [-0.3, -0.25) is 9.05 Å². The predicted molar refractivity (Wildman–Crippen MR) is 158 cm³/mol. The fraction of sp³-hybridized carbons (Fsp3) is 0.677. The first-order valence-electron chi connectivity index (χ1n) is 15.1. The molecule has 0 amide bonds. The van der Waals surface area contributed by atoms with Crippen LogP contribution in [0, 0.1) is 0 Å². The zero-order valence-electron chi connectivity index (χ0n) is 24.3. The lowest BCUT2D eigenvalue weighted by Gasteiger charge is -2.17. The molecule has 2 aromatic rings. The van der Waals surface area contributed by atoms with Crippen molar-refractivity contribution >= 4 is 18.6 Å². The second-order valence-electron chi connectivity index (χ2n) is 9.80.